The Kier molecular flexibility index (Phi) is 3.29. The van der Waals surface area contributed by atoms with Crippen molar-refractivity contribution in [3.8, 4) is 0 Å². The van der Waals surface area contributed by atoms with E-state index < -0.39 is 30.2 Å². The van der Waals surface area contributed by atoms with Gasteiger partial charge in [-0.3, -0.25) is 4.79 Å². The van der Waals surface area contributed by atoms with Crippen LogP contribution in [0.3, 0.4) is 0 Å². The first kappa shape index (κ1) is 12.2. The average Bonchev–Trinajstić information content (AvgIpc) is 1.77. The molecule has 0 radical (unpaired) electrons. The highest BCUT2D eigenvalue weighted by Crippen LogP contribution is 2.33. The molecule has 0 heterocycles. The summed E-state index contributed by atoms with van der Waals surface area (Å²) in [5.41, 5.74) is -2.37. The first-order valence-corrected chi connectivity index (χ1v) is 3.52. The highest BCUT2D eigenvalue weighted by Gasteiger charge is 2.43. The van der Waals surface area contributed by atoms with Crippen molar-refractivity contribution in [3.63, 3.8) is 0 Å². The Morgan fingerprint density at radius 2 is 1.69 bits per heavy atom. The fourth-order valence-electron chi connectivity index (χ4n) is 0.855. The number of halogens is 4. The first-order valence-electron chi connectivity index (χ1n) is 3.52. The van der Waals surface area contributed by atoms with Gasteiger partial charge in [-0.2, -0.15) is 13.2 Å². The van der Waals surface area contributed by atoms with Gasteiger partial charge in [0, 0.05) is 0 Å². The Labute approximate surface area is 72.5 Å². The van der Waals surface area contributed by atoms with Gasteiger partial charge in [-0.25, -0.2) is 4.39 Å². The van der Waals surface area contributed by atoms with Crippen LogP contribution in [0.25, 0.3) is 0 Å². The lowest BCUT2D eigenvalue weighted by Crippen LogP contribution is -2.36. The molecule has 1 atom stereocenters. The first-order chi connectivity index (χ1) is 5.54. The van der Waals surface area contributed by atoms with Gasteiger partial charge in [-0.15, -0.1) is 0 Å². The maximum Gasteiger partial charge on any atom is 0.390 e. The third kappa shape index (κ3) is 4.69. The molecule has 2 nitrogen and oxygen atoms in total. The second-order valence-electron chi connectivity index (χ2n) is 3.27. The van der Waals surface area contributed by atoms with Crippen LogP contribution < -0.4 is 0 Å². The number of alkyl halides is 4. The summed E-state index contributed by atoms with van der Waals surface area (Å²) in [6.45, 7) is 1.63. The Morgan fingerprint density at radius 3 is 1.77 bits per heavy atom. The molecule has 13 heavy (non-hydrogen) atoms. The summed E-state index contributed by atoms with van der Waals surface area (Å²) in [5.74, 6) is -3.82. The number of rotatable bonds is 3. The van der Waals surface area contributed by atoms with Crippen molar-refractivity contribution in [1.82, 2.24) is 0 Å². The van der Waals surface area contributed by atoms with Gasteiger partial charge in [0.05, 0.1) is 12.3 Å². The average molecular weight is 202 g/mol. The van der Waals surface area contributed by atoms with E-state index in [0.29, 0.717) is 0 Å². The minimum atomic E-state index is -4.66. The lowest BCUT2D eigenvalue weighted by molar-refractivity contribution is -0.173. The molecule has 0 rings (SSSR count). The van der Waals surface area contributed by atoms with E-state index >= 15 is 0 Å². The van der Waals surface area contributed by atoms with Crippen LogP contribution in [0.2, 0.25) is 0 Å². The fraction of sp³-hybridized carbons (Fsp3) is 0.857. The Morgan fingerprint density at radius 1 is 1.31 bits per heavy atom. The van der Waals surface area contributed by atoms with E-state index in [-0.39, 0.29) is 0 Å². The van der Waals surface area contributed by atoms with E-state index in [2.05, 4.69) is 0 Å². The monoisotopic (exact) mass is 202 g/mol. The Bertz CT molecular complexity index is 192. The van der Waals surface area contributed by atoms with Crippen LogP contribution in [-0.4, -0.2) is 22.9 Å². The largest absolute Gasteiger partial charge is 0.481 e. The molecule has 0 bridgehead atoms. The zero-order chi connectivity index (χ0) is 10.9. The van der Waals surface area contributed by atoms with E-state index in [4.69, 9.17) is 5.11 Å². The molecule has 6 heteroatoms. The molecule has 0 saturated heterocycles. The number of aliphatic carboxylic acids is 1. The summed E-state index contributed by atoms with van der Waals surface area (Å²) < 4.78 is 48.3. The summed E-state index contributed by atoms with van der Waals surface area (Å²) >= 11 is 0. The number of hydrogen-bond donors (Lipinski definition) is 1. The van der Waals surface area contributed by atoms with Crippen LogP contribution in [0, 0.1) is 5.92 Å². The summed E-state index contributed by atoms with van der Waals surface area (Å²) in [5, 5.41) is 8.33. The van der Waals surface area contributed by atoms with Gasteiger partial charge in [0.1, 0.15) is 5.67 Å². The van der Waals surface area contributed by atoms with Gasteiger partial charge in [-0.05, 0) is 13.8 Å². The molecule has 0 saturated carbocycles. The van der Waals surface area contributed by atoms with Crippen molar-refractivity contribution in [2.45, 2.75) is 32.1 Å². The van der Waals surface area contributed by atoms with Crippen LogP contribution in [0.1, 0.15) is 20.3 Å². The third-order valence-corrected chi connectivity index (χ3v) is 1.56. The van der Waals surface area contributed by atoms with E-state index in [1.165, 1.54) is 0 Å². The maximum absolute atomic E-state index is 13.0. The smallest absolute Gasteiger partial charge is 0.390 e. The summed E-state index contributed by atoms with van der Waals surface area (Å²) in [6.07, 6.45) is -6.31. The van der Waals surface area contributed by atoms with Crippen molar-refractivity contribution in [3.05, 3.63) is 0 Å². The molecule has 0 aromatic heterocycles. The molecule has 0 aromatic carbocycles. The molecular formula is C7H10F4O2. The molecule has 78 valence electrons. The van der Waals surface area contributed by atoms with Crippen molar-refractivity contribution in [2.24, 2.45) is 5.92 Å². The number of carboxylic acids is 1. The van der Waals surface area contributed by atoms with Crippen LogP contribution in [0.4, 0.5) is 17.6 Å². The topological polar surface area (TPSA) is 37.3 Å². The summed E-state index contributed by atoms with van der Waals surface area (Å²) in [7, 11) is 0. The van der Waals surface area contributed by atoms with E-state index in [0.717, 1.165) is 13.8 Å². The molecule has 0 fully saturated rings. The Hall–Kier alpha value is -0.810. The van der Waals surface area contributed by atoms with Gasteiger partial charge in [0.25, 0.3) is 0 Å². The minimum Gasteiger partial charge on any atom is -0.481 e. The molecule has 0 spiro atoms. The van der Waals surface area contributed by atoms with E-state index in [1.807, 2.05) is 0 Å². The molecule has 0 aliphatic carbocycles. The normalized spacial score (nSPS) is 15.5. The lowest BCUT2D eigenvalue weighted by atomic mass is 9.89. The fourth-order valence-corrected chi connectivity index (χ4v) is 0.855. The van der Waals surface area contributed by atoms with Gasteiger partial charge < -0.3 is 5.11 Å². The molecule has 1 N–H and O–H groups in total. The predicted octanol–water partition coefficient (Wildman–Crippen LogP) is 2.39. The zero-order valence-corrected chi connectivity index (χ0v) is 7.15. The molecule has 0 aromatic rings. The zero-order valence-electron chi connectivity index (χ0n) is 7.15. The molecule has 1 unspecified atom stereocenters. The molecule has 0 amide bonds. The van der Waals surface area contributed by atoms with Crippen molar-refractivity contribution < 1.29 is 27.5 Å². The van der Waals surface area contributed by atoms with Gasteiger partial charge in [0.2, 0.25) is 0 Å². The number of carbonyl (C=O) groups is 1. The molecular weight excluding hydrogens is 192 g/mol. The Balaban J connectivity index is 4.56. The summed E-state index contributed by atoms with van der Waals surface area (Å²) in [6, 6.07) is 0. The standard InChI is InChI=1S/C7H10F4O2/c1-6(2,8)4(5(12)13)3-7(9,10)11/h4H,3H2,1-2H3,(H,12,13). The van der Waals surface area contributed by atoms with Crippen LogP contribution in [-0.2, 0) is 4.79 Å². The number of carboxylic acid groups (broad SMARTS) is 1. The second-order valence-corrected chi connectivity index (χ2v) is 3.27. The summed E-state index contributed by atoms with van der Waals surface area (Å²) in [4.78, 5) is 10.3. The molecule has 0 aliphatic heterocycles. The van der Waals surface area contributed by atoms with Crippen LogP contribution in [0.15, 0.2) is 0 Å². The van der Waals surface area contributed by atoms with Crippen molar-refractivity contribution >= 4 is 5.97 Å². The SMILES string of the molecule is CC(C)(F)C(CC(F)(F)F)C(=O)O. The van der Waals surface area contributed by atoms with Gasteiger partial charge >= 0.3 is 12.1 Å². The highest BCUT2D eigenvalue weighted by molar-refractivity contribution is 5.71. The quantitative estimate of drug-likeness (QED) is 0.713. The molecule has 0 aliphatic rings. The van der Waals surface area contributed by atoms with Crippen molar-refractivity contribution in [2.75, 3.05) is 0 Å². The number of hydrogen-bond acceptors (Lipinski definition) is 1. The maximum atomic E-state index is 13.0. The lowest BCUT2D eigenvalue weighted by Gasteiger charge is -2.23. The van der Waals surface area contributed by atoms with Crippen LogP contribution >= 0.6 is 0 Å². The minimum absolute atomic E-state index is 0.817. The van der Waals surface area contributed by atoms with Crippen molar-refractivity contribution in [1.29, 1.82) is 0 Å². The van der Waals surface area contributed by atoms with E-state index in [1.54, 1.807) is 0 Å². The predicted molar refractivity (Wildman–Crippen MR) is 37.0 cm³/mol. The van der Waals surface area contributed by atoms with E-state index in [9.17, 15) is 22.4 Å². The van der Waals surface area contributed by atoms with Gasteiger partial charge in [-0.1, -0.05) is 0 Å². The second kappa shape index (κ2) is 3.51. The van der Waals surface area contributed by atoms with Gasteiger partial charge in [0.15, 0.2) is 0 Å². The van der Waals surface area contributed by atoms with Crippen LogP contribution in [0.5, 0.6) is 0 Å². The third-order valence-electron chi connectivity index (χ3n) is 1.56. The highest BCUT2D eigenvalue weighted by atomic mass is 19.4.